The lowest BCUT2D eigenvalue weighted by Crippen LogP contribution is -2.54. The molecule has 0 saturated carbocycles. The number of anilines is 1. The summed E-state index contributed by atoms with van der Waals surface area (Å²) in [6.07, 6.45) is 0.928. The fourth-order valence-corrected chi connectivity index (χ4v) is 3.96. The number of carboxylic acid groups (broad SMARTS) is 1. The number of aryl methyl sites for hydroxylation is 1. The highest BCUT2D eigenvalue weighted by Crippen LogP contribution is 2.30. The van der Waals surface area contributed by atoms with Crippen LogP contribution < -0.4 is 10.2 Å². The molecule has 1 amide bonds. The molecule has 140 valence electrons. The fraction of sp³-hybridized carbons (Fsp3) is 0.400. The molecule has 1 aliphatic heterocycles. The van der Waals surface area contributed by atoms with Crippen molar-refractivity contribution < 1.29 is 19.8 Å². The summed E-state index contributed by atoms with van der Waals surface area (Å²) in [6, 6.07) is -0.462. The van der Waals surface area contributed by atoms with Gasteiger partial charge in [0.05, 0.1) is 28.4 Å². The lowest BCUT2D eigenvalue weighted by molar-refractivity contribution is 0.0701. The van der Waals surface area contributed by atoms with E-state index < -0.39 is 24.0 Å². The summed E-state index contributed by atoms with van der Waals surface area (Å²) in [7, 11) is 0. The van der Waals surface area contributed by atoms with Crippen molar-refractivity contribution in [1.29, 1.82) is 0 Å². The Hall–Kier alpha value is -1.81. The first kappa shape index (κ1) is 19.0. The summed E-state index contributed by atoms with van der Waals surface area (Å²) in [5, 5.41) is 23.1. The monoisotopic (exact) mass is 418 g/mol. The van der Waals surface area contributed by atoms with Crippen LogP contribution in [0.25, 0.3) is 0 Å². The van der Waals surface area contributed by atoms with Gasteiger partial charge in [0.15, 0.2) is 5.13 Å². The Balaban J connectivity index is 1.64. The summed E-state index contributed by atoms with van der Waals surface area (Å²) in [4.78, 5) is 32.2. The third-order valence-electron chi connectivity index (χ3n) is 4.15. The molecule has 4 N–H and O–H groups in total. The quantitative estimate of drug-likeness (QED) is 0.603. The van der Waals surface area contributed by atoms with Gasteiger partial charge in [-0.25, -0.2) is 9.78 Å². The molecule has 1 saturated heterocycles. The number of carbonyl (C=O) groups is 2. The minimum absolute atomic E-state index is 0.138. The number of β-amino-alcohol motifs (C(OH)–C–C–N with tert-alkyl or cyclic N) is 1. The van der Waals surface area contributed by atoms with Crippen molar-refractivity contribution in [3.05, 3.63) is 32.5 Å². The Labute approximate surface area is 162 Å². The molecule has 0 radical (unpaired) electrons. The van der Waals surface area contributed by atoms with Gasteiger partial charge in [0, 0.05) is 18.8 Å². The van der Waals surface area contributed by atoms with Crippen LogP contribution in [0.3, 0.4) is 0 Å². The average Bonchev–Trinajstić information content (AvgIpc) is 3.18. The molecule has 2 aromatic rings. The van der Waals surface area contributed by atoms with E-state index in [2.05, 4.69) is 15.3 Å². The zero-order valence-corrected chi connectivity index (χ0v) is 16.0. The smallest absolute Gasteiger partial charge is 0.347 e. The molecule has 26 heavy (non-hydrogen) atoms. The molecule has 2 atom stereocenters. The Morgan fingerprint density at radius 1 is 1.42 bits per heavy atom. The molecular formula is C15H16Cl2N4O4S. The van der Waals surface area contributed by atoms with Crippen molar-refractivity contribution in [3.63, 3.8) is 0 Å². The van der Waals surface area contributed by atoms with Crippen molar-refractivity contribution in [2.45, 2.75) is 25.5 Å². The molecule has 0 spiro atoms. The fourth-order valence-electron chi connectivity index (χ4n) is 2.75. The largest absolute Gasteiger partial charge is 0.477 e. The van der Waals surface area contributed by atoms with Gasteiger partial charge in [0.25, 0.3) is 5.91 Å². The van der Waals surface area contributed by atoms with Gasteiger partial charge < -0.3 is 25.4 Å². The molecule has 0 aromatic carbocycles. The van der Waals surface area contributed by atoms with Gasteiger partial charge in [-0.3, -0.25) is 4.79 Å². The zero-order valence-electron chi connectivity index (χ0n) is 13.6. The maximum absolute atomic E-state index is 12.4. The van der Waals surface area contributed by atoms with Crippen LogP contribution in [-0.2, 0) is 0 Å². The van der Waals surface area contributed by atoms with Crippen molar-refractivity contribution >= 4 is 51.5 Å². The van der Waals surface area contributed by atoms with Crippen LogP contribution in [-0.4, -0.2) is 57.3 Å². The van der Waals surface area contributed by atoms with Gasteiger partial charge in [0.2, 0.25) is 0 Å². The Bertz CT molecular complexity index is 853. The molecule has 3 heterocycles. The number of piperidine rings is 1. The maximum atomic E-state index is 12.4. The number of aliphatic hydroxyl groups excluding tert-OH is 1. The van der Waals surface area contributed by atoms with Gasteiger partial charge in [0.1, 0.15) is 10.6 Å². The molecular weight excluding hydrogens is 403 g/mol. The molecule has 0 bridgehead atoms. The number of hydrogen-bond acceptors (Lipinski definition) is 6. The molecule has 0 aliphatic carbocycles. The molecule has 3 rings (SSSR count). The van der Waals surface area contributed by atoms with Gasteiger partial charge in [-0.1, -0.05) is 34.5 Å². The predicted molar refractivity (Wildman–Crippen MR) is 98.7 cm³/mol. The number of carbonyl (C=O) groups excluding carboxylic acids is 1. The lowest BCUT2D eigenvalue weighted by Gasteiger charge is -2.36. The van der Waals surface area contributed by atoms with Crippen LogP contribution >= 0.6 is 34.5 Å². The van der Waals surface area contributed by atoms with E-state index in [1.165, 1.54) is 6.20 Å². The van der Waals surface area contributed by atoms with E-state index in [0.29, 0.717) is 28.8 Å². The number of aromatic nitrogens is 2. The number of aromatic carboxylic acids is 1. The zero-order chi connectivity index (χ0) is 19.0. The highest BCUT2D eigenvalue weighted by atomic mass is 35.5. The van der Waals surface area contributed by atoms with Gasteiger partial charge in [-0.15, -0.1) is 0 Å². The van der Waals surface area contributed by atoms with Crippen LogP contribution in [0.1, 0.15) is 32.3 Å². The number of H-pyrrole nitrogens is 1. The number of halogens is 2. The number of nitrogens with one attached hydrogen (secondary N) is 2. The standard InChI is InChI=1S/C15H16Cl2N4O4S/c1-6-10(16)11(17)12(19-6)13(23)20-7-2-3-21(5-8(7)22)15-18-4-9(26-15)14(24)25/h4,7-8,19,22H,2-3,5H2,1H3,(H,20,23)(H,24,25). The molecule has 1 fully saturated rings. The van der Waals surface area contributed by atoms with Gasteiger partial charge in [-0.05, 0) is 13.3 Å². The van der Waals surface area contributed by atoms with E-state index in [0.717, 1.165) is 11.3 Å². The number of thiazole rings is 1. The van der Waals surface area contributed by atoms with E-state index in [-0.39, 0.29) is 22.1 Å². The number of amides is 1. The average molecular weight is 419 g/mol. The van der Waals surface area contributed by atoms with Crippen LogP contribution in [0.4, 0.5) is 5.13 Å². The molecule has 11 heteroatoms. The van der Waals surface area contributed by atoms with Crippen LogP contribution in [0.2, 0.25) is 10.0 Å². The first-order valence-corrected chi connectivity index (χ1v) is 9.31. The Morgan fingerprint density at radius 2 is 2.15 bits per heavy atom. The second-order valence-electron chi connectivity index (χ2n) is 5.95. The molecule has 2 unspecified atom stereocenters. The summed E-state index contributed by atoms with van der Waals surface area (Å²) >= 11 is 13.1. The minimum atomic E-state index is -1.03. The number of nitrogens with zero attached hydrogens (tertiary/aromatic N) is 2. The Kier molecular flexibility index (Phi) is 5.42. The minimum Gasteiger partial charge on any atom is -0.477 e. The first-order chi connectivity index (χ1) is 12.3. The second kappa shape index (κ2) is 7.43. The third-order valence-corrected chi connectivity index (χ3v) is 6.15. The molecule has 1 aliphatic rings. The molecule has 8 nitrogen and oxygen atoms in total. The van der Waals surface area contributed by atoms with E-state index >= 15 is 0 Å². The number of rotatable bonds is 4. The number of carboxylic acids is 1. The van der Waals surface area contributed by atoms with E-state index in [4.69, 9.17) is 28.3 Å². The van der Waals surface area contributed by atoms with Crippen molar-refractivity contribution in [1.82, 2.24) is 15.3 Å². The van der Waals surface area contributed by atoms with Crippen molar-refractivity contribution in [3.8, 4) is 0 Å². The summed E-state index contributed by atoms with van der Waals surface area (Å²) < 4.78 is 0. The topological polar surface area (TPSA) is 119 Å². The van der Waals surface area contributed by atoms with Crippen molar-refractivity contribution in [2.24, 2.45) is 0 Å². The first-order valence-electron chi connectivity index (χ1n) is 7.74. The summed E-state index contributed by atoms with van der Waals surface area (Å²) in [5.74, 6) is -1.47. The maximum Gasteiger partial charge on any atom is 0.347 e. The predicted octanol–water partition coefficient (Wildman–Crippen LogP) is 2.15. The van der Waals surface area contributed by atoms with E-state index in [1.807, 2.05) is 0 Å². The van der Waals surface area contributed by atoms with Crippen LogP contribution in [0.15, 0.2) is 6.20 Å². The van der Waals surface area contributed by atoms with E-state index in [9.17, 15) is 14.7 Å². The SMILES string of the molecule is Cc1[nH]c(C(=O)NC2CCN(c3ncc(C(=O)O)s3)CC2O)c(Cl)c1Cl. The van der Waals surface area contributed by atoms with Crippen LogP contribution in [0, 0.1) is 6.92 Å². The van der Waals surface area contributed by atoms with Crippen LogP contribution in [0.5, 0.6) is 0 Å². The van der Waals surface area contributed by atoms with Gasteiger partial charge in [-0.2, -0.15) is 0 Å². The normalized spacial score (nSPS) is 20.2. The summed E-state index contributed by atoms with van der Waals surface area (Å²) in [6.45, 7) is 2.46. The highest BCUT2D eigenvalue weighted by molar-refractivity contribution is 7.17. The third kappa shape index (κ3) is 3.66. The Morgan fingerprint density at radius 3 is 2.69 bits per heavy atom. The second-order valence-corrected chi connectivity index (χ2v) is 7.71. The number of aromatic amines is 1. The van der Waals surface area contributed by atoms with Gasteiger partial charge >= 0.3 is 5.97 Å². The van der Waals surface area contributed by atoms with Crippen molar-refractivity contribution in [2.75, 3.05) is 18.0 Å². The highest BCUT2D eigenvalue weighted by Gasteiger charge is 2.31. The lowest BCUT2D eigenvalue weighted by atomic mass is 10.0. The number of aliphatic hydroxyl groups is 1. The molecule has 2 aromatic heterocycles. The number of hydrogen-bond donors (Lipinski definition) is 4. The van der Waals surface area contributed by atoms with E-state index in [1.54, 1.807) is 11.8 Å². The summed E-state index contributed by atoms with van der Waals surface area (Å²) in [5.41, 5.74) is 0.755.